The maximum absolute atomic E-state index is 13.4. The zero-order chi connectivity index (χ0) is 13.4. The molecule has 7 heteroatoms. The van der Waals surface area contributed by atoms with E-state index >= 15 is 0 Å². The highest BCUT2D eigenvalue weighted by Gasteiger charge is 2.26. The number of hydrogen-bond donors (Lipinski definition) is 1. The summed E-state index contributed by atoms with van der Waals surface area (Å²) in [5.41, 5.74) is 7.85. The van der Waals surface area contributed by atoms with E-state index < -0.39 is 0 Å². The Balaban J connectivity index is 1.99. The summed E-state index contributed by atoms with van der Waals surface area (Å²) >= 11 is 1.08. The highest BCUT2D eigenvalue weighted by atomic mass is 32.1. The van der Waals surface area contributed by atoms with Crippen molar-refractivity contribution >= 4 is 28.1 Å². The molecule has 0 saturated carbocycles. The molecule has 1 aromatic heterocycles. The van der Waals surface area contributed by atoms with Gasteiger partial charge < -0.3 is 10.6 Å². The summed E-state index contributed by atoms with van der Waals surface area (Å²) in [7, 11) is 0. The van der Waals surface area contributed by atoms with Crippen LogP contribution in [-0.2, 0) is 17.8 Å². The van der Waals surface area contributed by atoms with Crippen LogP contribution in [0.25, 0.3) is 0 Å². The molecule has 1 aliphatic rings. The van der Waals surface area contributed by atoms with E-state index in [4.69, 9.17) is 5.73 Å². The standard InChI is InChI=1S/C12H11FN4OS/c13-8-3-1-7-2-4-11(18)17(10(7)5-8)6-9-12(14)19-16-15-9/h1,3,5H,2,4,6,14H2. The fourth-order valence-corrected chi connectivity index (χ4v) is 2.60. The molecule has 1 amide bonds. The van der Waals surface area contributed by atoms with Crippen molar-refractivity contribution in [3.05, 3.63) is 35.3 Å². The average Bonchev–Trinajstić information content (AvgIpc) is 2.79. The lowest BCUT2D eigenvalue weighted by Gasteiger charge is -2.28. The van der Waals surface area contributed by atoms with Crippen molar-refractivity contribution in [2.75, 3.05) is 10.6 Å². The van der Waals surface area contributed by atoms with E-state index in [2.05, 4.69) is 9.59 Å². The van der Waals surface area contributed by atoms with E-state index in [0.717, 1.165) is 17.1 Å². The smallest absolute Gasteiger partial charge is 0.227 e. The molecule has 2 N–H and O–H groups in total. The van der Waals surface area contributed by atoms with Crippen LogP contribution in [0.5, 0.6) is 0 Å². The van der Waals surface area contributed by atoms with Crippen molar-refractivity contribution in [2.45, 2.75) is 19.4 Å². The van der Waals surface area contributed by atoms with E-state index in [1.165, 1.54) is 17.0 Å². The number of amides is 1. The third-order valence-electron chi connectivity index (χ3n) is 3.14. The van der Waals surface area contributed by atoms with Gasteiger partial charge in [-0.05, 0) is 24.1 Å². The van der Waals surface area contributed by atoms with Gasteiger partial charge in [-0.2, -0.15) is 0 Å². The Kier molecular flexibility index (Phi) is 2.90. The fourth-order valence-electron chi connectivity index (χ4n) is 2.16. The number of anilines is 2. The number of nitrogens with zero attached hydrogens (tertiary/aromatic N) is 3. The normalized spacial score (nSPS) is 14.6. The Labute approximate surface area is 113 Å². The molecule has 2 heterocycles. The average molecular weight is 278 g/mol. The first-order valence-electron chi connectivity index (χ1n) is 5.80. The first-order chi connectivity index (χ1) is 9.15. The predicted octanol–water partition coefficient (Wildman–Crippen LogP) is 1.74. The van der Waals surface area contributed by atoms with E-state index in [9.17, 15) is 9.18 Å². The molecule has 0 bridgehead atoms. The van der Waals surface area contributed by atoms with Crippen LogP contribution in [0, 0.1) is 5.82 Å². The molecule has 0 atom stereocenters. The van der Waals surface area contributed by atoms with Gasteiger partial charge in [-0.1, -0.05) is 10.6 Å². The number of halogens is 1. The molecular formula is C12H11FN4OS. The summed E-state index contributed by atoms with van der Waals surface area (Å²) in [5, 5.41) is 4.38. The maximum atomic E-state index is 13.4. The summed E-state index contributed by atoms with van der Waals surface area (Å²) in [6, 6.07) is 4.50. The number of aromatic nitrogens is 2. The summed E-state index contributed by atoms with van der Waals surface area (Å²) in [6.07, 6.45) is 1.05. The molecule has 0 radical (unpaired) electrons. The van der Waals surface area contributed by atoms with Crippen LogP contribution >= 0.6 is 11.5 Å². The Morgan fingerprint density at radius 3 is 3.00 bits per heavy atom. The summed E-state index contributed by atoms with van der Waals surface area (Å²) in [6.45, 7) is 0.234. The number of nitrogens with two attached hydrogens (primary N) is 1. The van der Waals surface area contributed by atoms with Crippen LogP contribution in [0.1, 0.15) is 17.7 Å². The SMILES string of the molecule is Nc1snnc1CN1C(=O)CCc2ccc(F)cc21. The Bertz CT molecular complexity index is 642. The molecule has 0 fully saturated rings. The van der Waals surface area contributed by atoms with Gasteiger partial charge in [-0.25, -0.2) is 4.39 Å². The Hall–Kier alpha value is -2.02. The largest absolute Gasteiger partial charge is 0.388 e. The van der Waals surface area contributed by atoms with Crippen LogP contribution in [-0.4, -0.2) is 15.5 Å². The van der Waals surface area contributed by atoms with E-state index in [1.807, 2.05) is 0 Å². The Morgan fingerprint density at radius 2 is 2.26 bits per heavy atom. The van der Waals surface area contributed by atoms with Crippen LogP contribution in [0.3, 0.4) is 0 Å². The van der Waals surface area contributed by atoms with Gasteiger partial charge in [-0.15, -0.1) is 5.10 Å². The lowest BCUT2D eigenvalue weighted by Crippen LogP contribution is -2.35. The molecule has 0 saturated heterocycles. The first kappa shape index (κ1) is 12.0. The lowest BCUT2D eigenvalue weighted by atomic mass is 10.0. The van der Waals surface area contributed by atoms with E-state index in [-0.39, 0.29) is 18.3 Å². The van der Waals surface area contributed by atoms with Gasteiger partial charge in [0.25, 0.3) is 0 Å². The Morgan fingerprint density at radius 1 is 1.42 bits per heavy atom. The summed E-state index contributed by atoms with van der Waals surface area (Å²) in [4.78, 5) is 13.5. The van der Waals surface area contributed by atoms with Gasteiger partial charge in [0.1, 0.15) is 16.5 Å². The van der Waals surface area contributed by atoms with Gasteiger partial charge in [0.05, 0.1) is 12.2 Å². The third-order valence-corrected chi connectivity index (χ3v) is 3.74. The fraction of sp³-hybridized carbons (Fsp3) is 0.250. The number of benzene rings is 1. The minimum atomic E-state index is -0.358. The number of rotatable bonds is 2. The zero-order valence-corrected chi connectivity index (χ0v) is 10.8. The number of nitrogen functional groups attached to an aromatic ring is 1. The van der Waals surface area contributed by atoms with Crippen molar-refractivity contribution in [3.63, 3.8) is 0 Å². The van der Waals surface area contributed by atoms with Crippen LogP contribution in [0.2, 0.25) is 0 Å². The highest BCUT2D eigenvalue weighted by molar-refractivity contribution is 7.09. The third kappa shape index (κ3) is 2.17. The van der Waals surface area contributed by atoms with Crippen molar-refractivity contribution < 1.29 is 9.18 Å². The molecular weight excluding hydrogens is 267 g/mol. The second-order valence-electron chi connectivity index (χ2n) is 4.34. The maximum Gasteiger partial charge on any atom is 0.227 e. The minimum Gasteiger partial charge on any atom is -0.388 e. The minimum absolute atomic E-state index is 0.0505. The lowest BCUT2D eigenvalue weighted by molar-refractivity contribution is -0.119. The number of hydrogen-bond acceptors (Lipinski definition) is 5. The molecule has 2 aromatic rings. The zero-order valence-electron chi connectivity index (χ0n) is 9.97. The van der Waals surface area contributed by atoms with Crippen molar-refractivity contribution in [1.82, 2.24) is 9.59 Å². The highest BCUT2D eigenvalue weighted by Crippen LogP contribution is 2.30. The monoisotopic (exact) mass is 278 g/mol. The second-order valence-corrected chi connectivity index (χ2v) is 5.12. The van der Waals surface area contributed by atoms with Gasteiger partial charge in [0.15, 0.2) is 0 Å². The van der Waals surface area contributed by atoms with Gasteiger partial charge in [-0.3, -0.25) is 4.79 Å². The molecule has 1 aromatic carbocycles. The molecule has 5 nitrogen and oxygen atoms in total. The van der Waals surface area contributed by atoms with E-state index in [1.54, 1.807) is 6.07 Å². The van der Waals surface area contributed by atoms with Crippen molar-refractivity contribution in [1.29, 1.82) is 0 Å². The number of fused-ring (bicyclic) bond motifs is 1. The molecule has 0 spiro atoms. The second kappa shape index (κ2) is 4.58. The van der Waals surface area contributed by atoms with Crippen LogP contribution < -0.4 is 10.6 Å². The van der Waals surface area contributed by atoms with Crippen LogP contribution in [0.15, 0.2) is 18.2 Å². The quantitative estimate of drug-likeness (QED) is 0.908. The molecule has 0 aliphatic carbocycles. The summed E-state index contributed by atoms with van der Waals surface area (Å²) < 4.78 is 17.1. The molecule has 1 aliphatic heterocycles. The number of carbonyl (C=O) groups excluding carboxylic acids is 1. The van der Waals surface area contributed by atoms with Gasteiger partial charge >= 0.3 is 0 Å². The van der Waals surface area contributed by atoms with Gasteiger partial charge in [0, 0.05) is 18.0 Å². The molecule has 0 unspecified atom stereocenters. The number of aryl methyl sites for hydroxylation is 1. The van der Waals surface area contributed by atoms with Crippen molar-refractivity contribution in [3.8, 4) is 0 Å². The van der Waals surface area contributed by atoms with E-state index in [0.29, 0.717) is 29.2 Å². The molecule has 19 heavy (non-hydrogen) atoms. The van der Waals surface area contributed by atoms with Gasteiger partial charge in [0.2, 0.25) is 5.91 Å². The predicted molar refractivity (Wildman–Crippen MR) is 70.2 cm³/mol. The van der Waals surface area contributed by atoms with Crippen molar-refractivity contribution in [2.24, 2.45) is 0 Å². The topological polar surface area (TPSA) is 72.1 Å². The number of carbonyl (C=O) groups is 1. The molecule has 3 rings (SSSR count). The first-order valence-corrected chi connectivity index (χ1v) is 6.58. The van der Waals surface area contributed by atoms with Crippen LogP contribution in [0.4, 0.5) is 15.1 Å². The molecule has 98 valence electrons. The summed E-state index contributed by atoms with van der Waals surface area (Å²) in [5.74, 6) is -0.409.